The largest absolute Gasteiger partial charge is 0.493 e. The summed E-state index contributed by atoms with van der Waals surface area (Å²) in [6, 6.07) is 18.9. The van der Waals surface area contributed by atoms with Gasteiger partial charge in [0.25, 0.3) is 5.91 Å². The number of ether oxygens (including phenoxy) is 2. The van der Waals surface area contributed by atoms with E-state index in [1.807, 2.05) is 31.2 Å². The van der Waals surface area contributed by atoms with Crippen molar-refractivity contribution in [3.05, 3.63) is 86.7 Å². The molecule has 1 amide bonds. The molecule has 0 saturated carbocycles. The van der Waals surface area contributed by atoms with Crippen LogP contribution in [0.2, 0.25) is 0 Å². The lowest BCUT2D eigenvalue weighted by molar-refractivity contribution is -0.118. The van der Waals surface area contributed by atoms with E-state index in [0.717, 1.165) is 5.56 Å². The Morgan fingerprint density at radius 3 is 2.59 bits per heavy atom. The molecule has 162 valence electrons. The number of benzene rings is 3. The second-order valence-corrected chi connectivity index (χ2v) is 8.08. The third-order valence-corrected chi connectivity index (χ3v) is 5.30. The van der Waals surface area contributed by atoms with Gasteiger partial charge < -0.3 is 14.8 Å². The quantitative estimate of drug-likeness (QED) is 0.232. The molecule has 1 N–H and O–H groups in total. The van der Waals surface area contributed by atoms with Crippen LogP contribution >= 0.6 is 22.6 Å². The van der Waals surface area contributed by atoms with E-state index in [1.165, 1.54) is 19.2 Å². The van der Waals surface area contributed by atoms with Gasteiger partial charge in [0.05, 0.1) is 22.3 Å². The van der Waals surface area contributed by atoms with Crippen LogP contribution in [0.15, 0.2) is 60.7 Å². The van der Waals surface area contributed by atoms with Crippen LogP contribution in [-0.2, 0) is 4.79 Å². The average molecular weight is 542 g/mol. The molecule has 0 radical (unpaired) electrons. The van der Waals surface area contributed by atoms with Gasteiger partial charge in [-0.2, -0.15) is 5.26 Å². The molecule has 3 rings (SSSR count). The van der Waals surface area contributed by atoms with Crippen molar-refractivity contribution < 1.29 is 18.7 Å². The number of hydrogen-bond acceptors (Lipinski definition) is 4. The molecule has 7 heteroatoms. The number of carbonyl (C=O) groups is 1. The summed E-state index contributed by atoms with van der Waals surface area (Å²) in [6.45, 7) is 1.78. The van der Waals surface area contributed by atoms with Crippen molar-refractivity contribution in [2.24, 2.45) is 0 Å². The van der Waals surface area contributed by atoms with Crippen molar-refractivity contribution >= 4 is 45.8 Å². The number of allylic oxidation sites excluding steroid dienone is 1. The second kappa shape index (κ2) is 10.8. The predicted molar refractivity (Wildman–Crippen MR) is 131 cm³/mol. The van der Waals surface area contributed by atoms with Crippen molar-refractivity contribution in [1.82, 2.24) is 0 Å². The Bertz CT molecular complexity index is 1200. The van der Waals surface area contributed by atoms with Gasteiger partial charge in [0.15, 0.2) is 18.1 Å². The van der Waals surface area contributed by atoms with Crippen LogP contribution in [0.25, 0.3) is 11.6 Å². The SMILES string of the molecule is COc1cc(/C=C(/C#N)c2cccc(F)c2)cc(I)c1OCC(=O)Nc1ccc(C)cc1. The molecule has 0 atom stereocenters. The highest BCUT2D eigenvalue weighted by Gasteiger charge is 2.14. The summed E-state index contributed by atoms with van der Waals surface area (Å²) in [7, 11) is 1.50. The van der Waals surface area contributed by atoms with Gasteiger partial charge >= 0.3 is 0 Å². The molecule has 0 fully saturated rings. The van der Waals surface area contributed by atoms with Gasteiger partial charge in [-0.05, 0) is 83.1 Å². The van der Waals surface area contributed by atoms with Crippen molar-refractivity contribution in [2.45, 2.75) is 6.92 Å². The fourth-order valence-corrected chi connectivity index (χ4v) is 3.72. The highest BCUT2D eigenvalue weighted by Crippen LogP contribution is 2.35. The summed E-state index contributed by atoms with van der Waals surface area (Å²) in [5, 5.41) is 12.3. The Labute approximate surface area is 199 Å². The van der Waals surface area contributed by atoms with E-state index in [-0.39, 0.29) is 12.5 Å². The molecule has 5 nitrogen and oxygen atoms in total. The predicted octanol–water partition coefficient (Wildman–Crippen LogP) is 5.83. The summed E-state index contributed by atoms with van der Waals surface area (Å²) < 4.78 is 25.4. The number of rotatable bonds is 7. The summed E-state index contributed by atoms with van der Waals surface area (Å²) in [4.78, 5) is 12.3. The normalized spacial score (nSPS) is 10.9. The fourth-order valence-electron chi connectivity index (χ4n) is 2.94. The Hall–Kier alpha value is -3.38. The summed E-state index contributed by atoms with van der Waals surface area (Å²) >= 11 is 2.08. The van der Waals surface area contributed by atoms with Crippen LogP contribution in [0.4, 0.5) is 10.1 Å². The zero-order valence-electron chi connectivity index (χ0n) is 17.5. The number of anilines is 1. The molecule has 0 unspecified atom stereocenters. The first-order valence-corrected chi connectivity index (χ1v) is 10.7. The van der Waals surface area contributed by atoms with Gasteiger partial charge in [0, 0.05) is 5.69 Å². The van der Waals surface area contributed by atoms with E-state index in [4.69, 9.17) is 9.47 Å². The van der Waals surface area contributed by atoms with E-state index in [1.54, 1.807) is 30.3 Å². The van der Waals surface area contributed by atoms with Gasteiger partial charge in [0.1, 0.15) is 5.82 Å². The highest BCUT2D eigenvalue weighted by atomic mass is 127. The van der Waals surface area contributed by atoms with Crippen molar-refractivity contribution in [2.75, 3.05) is 19.0 Å². The second-order valence-electron chi connectivity index (χ2n) is 6.92. The molecular formula is C25H20FIN2O3. The Morgan fingerprint density at radius 2 is 1.94 bits per heavy atom. The van der Waals surface area contributed by atoms with Crippen LogP contribution in [0.3, 0.4) is 0 Å². The number of methoxy groups -OCH3 is 1. The summed E-state index contributed by atoms with van der Waals surface area (Å²) in [6.07, 6.45) is 1.65. The molecule has 0 aliphatic carbocycles. The van der Waals surface area contributed by atoms with E-state index in [9.17, 15) is 14.4 Å². The topological polar surface area (TPSA) is 71.3 Å². The minimum absolute atomic E-state index is 0.192. The molecular weight excluding hydrogens is 522 g/mol. The van der Waals surface area contributed by atoms with Crippen LogP contribution in [0.1, 0.15) is 16.7 Å². The Kier molecular flexibility index (Phi) is 7.84. The first-order chi connectivity index (χ1) is 15.4. The summed E-state index contributed by atoms with van der Waals surface area (Å²) in [5.74, 6) is 0.133. The Morgan fingerprint density at radius 1 is 1.19 bits per heavy atom. The maximum absolute atomic E-state index is 13.5. The van der Waals surface area contributed by atoms with Crippen LogP contribution in [0.5, 0.6) is 11.5 Å². The molecule has 3 aromatic rings. The van der Waals surface area contributed by atoms with Crippen molar-refractivity contribution in [3.63, 3.8) is 0 Å². The zero-order chi connectivity index (χ0) is 23.1. The van der Waals surface area contributed by atoms with E-state index in [2.05, 4.69) is 34.0 Å². The molecule has 0 bridgehead atoms. The maximum atomic E-state index is 13.5. The maximum Gasteiger partial charge on any atom is 0.262 e. The van der Waals surface area contributed by atoms with Crippen molar-refractivity contribution in [1.29, 1.82) is 5.26 Å². The number of nitrogens with one attached hydrogen (secondary N) is 1. The zero-order valence-corrected chi connectivity index (χ0v) is 19.6. The molecule has 0 aromatic heterocycles. The average Bonchev–Trinajstić information content (AvgIpc) is 2.78. The van der Waals surface area contributed by atoms with Crippen molar-refractivity contribution in [3.8, 4) is 17.6 Å². The molecule has 32 heavy (non-hydrogen) atoms. The number of halogens is 2. The van der Waals surface area contributed by atoms with Gasteiger partial charge in [-0.15, -0.1) is 0 Å². The Balaban J connectivity index is 1.78. The smallest absolute Gasteiger partial charge is 0.262 e. The molecule has 0 spiro atoms. The first-order valence-electron chi connectivity index (χ1n) is 9.64. The third kappa shape index (κ3) is 6.08. The van der Waals surface area contributed by atoms with E-state index < -0.39 is 5.82 Å². The number of nitrogens with zero attached hydrogens (tertiary/aromatic N) is 1. The van der Waals surface area contributed by atoms with E-state index in [0.29, 0.717) is 37.5 Å². The van der Waals surface area contributed by atoms with Crippen LogP contribution in [-0.4, -0.2) is 19.6 Å². The number of nitriles is 1. The number of hydrogen-bond donors (Lipinski definition) is 1. The van der Waals surface area contributed by atoms with Gasteiger partial charge in [-0.3, -0.25) is 4.79 Å². The lowest BCUT2D eigenvalue weighted by Crippen LogP contribution is -2.20. The molecule has 0 aliphatic heterocycles. The standard InChI is InChI=1S/C25H20FIN2O3/c1-16-6-8-21(9-7-16)29-24(30)15-32-25-22(27)11-17(12-23(25)31-2)10-19(14-28)18-4-3-5-20(26)13-18/h3-13H,15H2,1-2H3,(H,29,30)/b19-10-. The fraction of sp³-hybridized carbons (Fsp3) is 0.120. The molecule has 0 saturated heterocycles. The van der Waals surface area contributed by atoms with Gasteiger partial charge in [-0.25, -0.2) is 4.39 Å². The third-order valence-electron chi connectivity index (χ3n) is 4.50. The lowest BCUT2D eigenvalue weighted by atomic mass is 10.0. The monoisotopic (exact) mass is 542 g/mol. The van der Waals surface area contributed by atoms with Crippen LogP contribution < -0.4 is 14.8 Å². The van der Waals surface area contributed by atoms with Gasteiger partial charge in [-0.1, -0.05) is 29.8 Å². The van der Waals surface area contributed by atoms with Crippen LogP contribution in [0, 0.1) is 27.6 Å². The number of amides is 1. The lowest BCUT2D eigenvalue weighted by Gasteiger charge is -2.14. The first kappa shape index (κ1) is 23.3. The summed E-state index contributed by atoms with van der Waals surface area (Å²) in [5.41, 5.74) is 3.27. The molecule has 0 heterocycles. The minimum atomic E-state index is -0.413. The molecule has 0 aliphatic rings. The number of aryl methyl sites for hydroxylation is 1. The minimum Gasteiger partial charge on any atom is -0.493 e. The number of carbonyl (C=O) groups excluding carboxylic acids is 1. The van der Waals surface area contributed by atoms with E-state index >= 15 is 0 Å². The van der Waals surface area contributed by atoms with Gasteiger partial charge in [0.2, 0.25) is 0 Å². The highest BCUT2D eigenvalue weighted by molar-refractivity contribution is 14.1. The molecule has 3 aromatic carbocycles.